The minimum absolute atomic E-state index is 0.0413. The van der Waals surface area contributed by atoms with Crippen LogP contribution in [0.3, 0.4) is 0 Å². The molecule has 7 nitrogen and oxygen atoms in total. The van der Waals surface area contributed by atoms with Crippen molar-refractivity contribution in [1.82, 2.24) is 15.2 Å². The van der Waals surface area contributed by atoms with Crippen LogP contribution in [0.25, 0.3) is 28.1 Å². The summed E-state index contributed by atoms with van der Waals surface area (Å²) in [4.78, 5) is 32.4. The Labute approximate surface area is 238 Å². The molecule has 2 amide bonds. The van der Waals surface area contributed by atoms with Gasteiger partial charge in [0, 0.05) is 28.5 Å². The summed E-state index contributed by atoms with van der Waals surface area (Å²) in [5.74, 6) is -1.46. The van der Waals surface area contributed by atoms with Crippen molar-refractivity contribution in [2.75, 3.05) is 10.2 Å². The molecule has 0 fully saturated rings. The minimum Gasteiger partial charge on any atom is -0.329 e. The van der Waals surface area contributed by atoms with E-state index in [1.807, 2.05) is 60.7 Å². The van der Waals surface area contributed by atoms with Gasteiger partial charge in [-0.2, -0.15) is 13.2 Å². The van der Waals surface area contributed by atoms with E-state index in [1.165, 1.54) is 18.3 Å². The molecule has 0 aliphatic carbocycles. The summed E-state index contributed by atoms with van der Waals surface area (Å²) in [5.41, 5.74) is 2.06. The number of aromatic nitrogens is 3. The van der Waals surface area contributed by atoms with E-state index in [2.05, 4.69) is 20.5 Å². The normalized spacial score (nSPS) is 14.2. The first-order chi connectivity index (χ1) is 20.3. The fourth-order valence-corrected chi connectivity index (χ4v) is 4.66. The van der Waals surface area contributed by atoms with E-state index in [4.69, 9.17) is 0 Å². The lowest BCUT2D eigenvalue weighted by molar-refractivity contribution is -0.137. The van der Waals surface area contributed by atoms with Crippen molar-refractivity contribution < 1.29 is 22.8 Å². The summed E-state index contributed by atoms with van der Waals surface area (Å²) in [7, 11) is 0. The second-order valence-electron chi connectivity index (χ2n) is 9.31. The summed E-state index contributed by atoms with van der Waals surface area (Å²) in [6, 6.07) is 29.3. The smallest absolute Gasteiger partial charge is 0.329 e. The Kier molecular flexibility index (Phi) is 6.79. The molecule has 0 spiro atoms. The molecule has 10 heteroatoms. The average Bonchev–Trinajstić information content (AvgIpc) is 3.01. The van der Waals surface area contributed by atoms with E-state index in [0.717, 1.165) is 34.2 Å². The number of hydrogen-bond acceptors (Lipinski definition) is 6. The van der Waals surface area contributed by atoms with Gasteiger partial charge in [-0.15, -0.1) is 10.2 Å². The lowest BCUT2D eigenvalue weighted by Gasteiger charge is -2.29. The number of hydrogen-bond donors (Lipinski definition) is 1. The number of rotatable bonds is 5. The summed E-state index contributed by atoms with van der Waals surface area (Å²) in [5, 5.41) is 11.5. The Hall–Kier alpha value is -5.64. The van der Waals surface area contributed by atoms with Crippen LogP contribution in [0, 0.1) is 0 Å². The van der Waals surface area contributed by atoms with E-state index in [-0.39, 0.29) is 22.8 Å². The van der Waals surface area contributed by atoms with E-state index in [1.54, 1.807) is 18.2 Å². The number of imide groups is 1. The Morgan fingerprint density at radius 3 is 1.95 bits per heavy atom. The molecular weight excluding hydrogens is 543 g/mol. The SMILES string of the molecule is O=C1/C(=C/Nc2nnc(-c3ccccc3)c(-c3ccccc3)n2)c2ccccc2C(=O)N1c1cccc(C(F)(F)F)c1. The van der Waals surface area contributed by atoms with E-state index in [0.29, 0.717) is 17.0 Å². The van der Waals surface area contributed by atoms with Gasteiger partial charge in [0.15, 0.2) is 0 Å². The molecule has 1 aliphatic heterocycles. The van der Waals surface area contributed by atoms with Crippen molar-refractivity contribution in [3.63, 3.8) is 0 Å². The van der Waals surface area contributed by atoms with Crippen LogP contribution >= 0.6 is 0 Å². The van der Waals surface area contributed by atoms with Gasteiger partial charge < -0.3 is 5.32 Å². The number of benzene rings is 4. The zero-order valence-corrected chi connectivity index (χ0v) is 21.7. The van der Waals surface area contributed by atoms with Crippen molar-refractivity contribution in [1.29, 1.82) is 0 Å². The van der Waals surface area contributed by atoms with Gasteiger partial charge in [-0.25, -0.2) is 9.88 Å². The van der Waals surface area contributed by atoms with Crippen molar-refractivity contribution in [2.45, 2.75) is 6.18 Å². The van der Waals surface area contributed by atoms with Crippen LogP contribution in [0.4, 0.5) is 24.8 Å². The number of carbonyl (C=O) groups is 2. The Balaban J connectivity index is 1.41. The summed E-state index contributed by atoms with van der Waals surface area (Å²) < 4.78 is 40.2. The van der Waals surface area contributed by atoms with Crippen LogP contribution in [0.1, 0.15) is 21.5 Å². The Bertz CT molecular complexity index is 1840. The summed E-state index contributed by atoms with van der Waals surface area (Å²) >= 11 is 0. The number of halogens is 3. The van der Waals surface area contributed by atoms with Crippen LogP contribution in [0.2, 0.25) is 0 Å². The molecule has 42 heavy (non-hydrogen) atoms. The van der Waals surface area contributed by atoms with Gasteiger partial charge >= 0.3 is 6.18 Å². The zero-order valence-electron chi connectivity index (χ0n) is 21.7. The molecule has 1 N–H and O–H groups in total. The van der Waals surface area contributed by atoms with E-state index >= 15 is 0 Å². The van der Waals surface area contributed by atoms with Crippen LogP contribution in [-0.4, -0.2) is 27.0 Å². The number of fused-ring (bicyclic) bond motifs is 1. The second-order valence-corrected chi connectivity index (χ2v) is 9.31. The molecule has 0 saturated heterocycles. The quantitative estimate of drug-likeness (QED) is 0.186. The first-order valence-electron chi connectivity index (χ1n) is 12.8. The predicted molar refractivity (Wildman–Crippen MR) is 152 cm³/mol. The first kappa shape index (κ1) is 26.6. The lowest BCUT2D eigenvalue weighted by Crippen LogP contribution is -2.42. The van der Waals surface area contributed by atoms with Crippen LogP contribution in [0.5, 0.6) is 0 Å². The molecule has 1 aliphatic rings. The Morgan fingerprint density at radius 2 is 1.29 bits per heavy atom. The Morgan fingerprint density at radius 1 is 0.667 bits per heavy atom. The molecule has 206 valence electrons. The molecule has 0 bridgehead atoms. The van der Waals surface area contributed by atoms with Crippen molar-refractivity contribution in [3.05, 3.63) is 132 Å². The zero-order chi connectivity index (χ0) is 29.3. The maximum atomic E-state index is 13.7. The fraction of sp³-hybridized carbons (Fsp3) is 0.0312. The molecule has 5 aromatic rings. The highest BCUT2D eigenvalue weighted by Crippen LogP contribution is 2.36. The fourth-order valence-electron chi connectivity index (χ4n) is 4.66. The van der Waals surface area contributed by atoms with Gasteiger partial charge in [0.2, 0.25) is 5.95 Å². The number of nitrogens with one attached hydrogen (secondary N) is 1. The first-order valence-corrected chi connectivity index (χ1v) is 12.8. The maximum Gasteiger partial charge on any atom is 0.416 e. The molecule has 0 unspecified atom stereocenters. The van der Waals surface area contributed by atoms with Gasteiger partial charge in [-0.05, 0) is 24.3 Å². The predicted octanol–water partition coefficient (Wildman–Crippen LogP) is 6.86. The third-order valence-corrected chi connectivity index (χ3v) is 6.64. The molecule has 4 aromatic carbocycles. The molecule has 2 heterocycles. The largest absolute Gasteiger partial charge is 0.416 e. The van der Waals surface area contributed by atoms with Crippen molar-refractivity contribution >= 4 is 29.0 Å². The standard InChI is InChI=1S/C32H20F3N5O2/c33-32(34,35)22-14-9-15-23(18-22)40-29(41)25-17-8-7-16-24(25)26(30(40)42)19-36-31-37-27(20-10-3-1-4-11-20)28(38-39-31)21-12-5-2-6-13-21/h1-19H,(H,36,37,39)/b26-19+. The third kappa shape index (κ3) is 5.01. The molecular formula is C32H20F3N5O2. The minimum atomic E-state index is -4.65. The van der Waals surface area contributed by atoms with Crippen LogP contribution in [-0.2, 0) is 11.0 Å². The summed E-state index contributed by atoms with van der Waals surface area (Å²) in [6.07, 6.45) is -3.31. The van der Waals surface area contributed by atoms with Gasteiger partial charge in [-0.1, -0.05) is 84.9 Å². The molecule has 0 atom stereocenters. The average molecular weight is 564 g/mol. The van der Waals surface area contributed by atoms with Crippen molar-refractivity contribution in [2.24, 2.45) is 0 Å². The van der Waals surface area contributed by atoms with Crippen LogP contribution in [0.15, 0.2) is 115 Å². The van der Waals surface area contributed by atoms with Gasteiger partial charge in [-0.3, -0.25) is 9.59 Å². The number of nitrogens with zero attached hydrogens (tertiary/aromatic N) is 4. The van der Waals surface area contributed by atoms with Crippen LogP contribution < -0.4 is 10.2 Å². The van der Waals surface area contributed by atoms with E-state index < -0.39 is 23.6 Å². The van der Waals surface area contributed by atoms with E-state index in [9.17, 15) is 22.8 Å². The summed E-state index contributed by atoms with van der Waals surface area (Å²) in [6.45, 7) is 0. The number of anilines is 2. The maximum absolute atomic E-state index is 13.7. The highest BCUT2D eigenvalue weighted by molar-refractivity contribution is 6.41. The molecule has 0 radical (unpaired) electrons. The highest BCUT2D eigenvalue weighted by atomic mass is 19.4. The van der Waals surface area contributed by atoms with Gasteiger partial charge in [0.05, 0.1) is 16.8 Å². The van der Waals surface area contributed by atoms with Gasteiger partial charge in [0.1, 0.15) is 11.4 Å². The monoisotopic (exact) mass is 563 g/mol. The van der Waals surface area contributed by atoms with Crippen molar-refractivity contribution in [3.8, 4) is 22.5 Å². The topological polar surface area (TPSA) is 88.1 Å². The number of amides is 2. The number of alkyl halides is 3. The molecule has 6 rings (SSSR count). The molecule has 0 saturated carbocycles. The lowest BCUT2D eigenvalue weighted by atomic mass is 9.93. The number of carbonyl (C=O) groups excluding carboxylic acids is 2. The van der Waals surface area contributed by atoms with Gasteiger partial charge in [0.25, 0.3) is 11.8 Å². The highest BCUT2D eigenvalue weighted by Gasteiger charge is 2.37. The third-order valence-electron chi connectivity index (χ3n) is 6.64. The second kappa shape index (κ2) is 10.7. The molecule has 1 aromatic heterocycles.